The number of carboxylic acids is 1. The third-order valence-electron chi connectivity index (χ3n) is 7.74. The molecule has 1 amide bonds. The van der Waals surface area contributed by atoms with Gasteiger partial charge in [0.25, 0.3) is 5.91 Å². The van der Waals surface area contributed by atoms with Crippen molar-refractivity contribution >= 4 is 22.8 Å². The number of nitrogens with zero attached hydrogens (tertiary/aromatic N) is 1. The highest BCUT2D eigenvalue weighted by atomic mass is 16.4. The molecule has 164 valence electrons. The second-order valence-electron chi connectivity index (χ2n) is 9.67. The number of amides is 1. The van der Waals surface area contributed by atoms with E-state index in [-0.39, 0.29) is 11.4 Å². The Hall–Kier alpha value is -3.21. The minimum absolute atomic E-state index is 0.0811. The van der Waals surface area contributed by atoms with Crippen molar-refractivity contribution in [3.05, 3.63) is 65.2 Å². The molecule has 6 rings (SSSR count). The van der Waals surface area contributed by atoms with Gasteiger partial charge in [-0.15, -0.1) is 0 Å². The molecular formula is C27H28N2O3. The minimum atomic E-state index is -0.684. The molecule has 0 aliphatic heterocycles. The number of pyridine rings is 1. The summed E-state index contributed by atoms with van der Waals surface area (Å²) in [5.74, 6) is -0.765. The lowest BCUT2D eigenvalue weighted by Gasteiger charge is -2.51. The quantitative estimate of drug-likeness (QED) is 0.581. The summed E-state index contributed by atoms with van der Waals surface area (Å²) in [4.78, 5) is 30.5. The van der Waals surface area contributed by atoms with Crippen LogP contribution in [0.3, 0.4) is 0 Å². The molecule has 0 spiro atoms. The monoisotopic (exact) mass is 428 g/mol. The van der Waals surface area contributed by atoms with Crippen LogP contribution in [0.4, 0.5) is 0 Å². The zero-order valence-electron chi connectivity index (χ0n) is 18.6. The summed E-state index contributed by atoms with van der Waals surface area (Å²) in [6.45, 7) is 3.99. The molecule has 3 aromatic rings. The predicted molar refractivity (Wildman–Crippen MR) is 125 cm³/mol. The number of aryl methyl sites for hydroxylation is 1. The Labute approximate surface area is 187 Å². The largest absolute Gasteiger partial charge is 0.481 e. The van der Waals surface area contributed by atoms with Gasteiger partial charge >= 0.3 is 5.97 Å². The van der Waals surface area contributed by atoms with E-state index in [2.05, 4.69) is 5.32 Å². The first-order chi connectivity index (χ1) is 15.3. The van der Waals surface area contributed by atoms with Crippen molar-refractivity contribution in [1.82, 2.24) is 10.3 Å². The van der Waals surface area contributed by atoms with Gasteiger partial charge in [0.2, 0.25) is 0 Å². The summed E-state index contributed by atoms with van der Waals surface area (Å²) in [7, 11) is 0. The fraction of sp³-hybridized carbons (Fsp3) is 0.370. The van der Waals surface area contributed by atoms with Crippen LogP contribution in [-0.2, 0) is 4.79 Å². The molecule has 0 atom stereocenters. The molecule has 5 nitrogen and oxygen atoms in total. The number of rotatable bonds is 4. The zero-order chi connectivity index (χ0) is 22.5. The molecular weight excluding hydrogens is 400 g/mol. The molecule has 3 saturated carbocycles. The van der Waals surface area contributed by atoms with E-state index < -0.39 is 11.4 Å². The maximum atomic E-state index is 13.8. The number of hydrogen-bond acceptors (Lipinski definition) is 3. The predicted octanol–water partition coefficient (Wildman–Crippen LogP) is 5.43. The van der Waals surface area contributed by atoms with E-state index >= 15 is 0 Å². The zero-order valence-corrected chi connectivity index (χ0v) is 18.6. The van der Waals surface area contributed by atoms with Gasteiger partial charge in [-0.1, -0.05) is 42.0 Å². The van der Waals surface area contributed by atoms with E-state index in [1.807, 2.05) is 62.4 Å². The van der Waals surface area contributed by atoms with Gasteiger partial charge in [0.1, 0.15) is 0 Å². The van der Waals surface area contributed by atoms with Crippen LogP contribution in [-0.4, -0.2) is 27.5 Å². The van der Waals surface area contributed by atoms with Crippen LogP contribution >= 0.6 is 0 Å². The summed E-state index contributed by atoms with van der Waals surface area (Å²) >= 11 is 0. The second kappa shape index (κ2) is 7.44. The highest BCUT2D eigenvalue weighted by molar-refractivity contribution is 6.09. The lowest BCUT2D eigenvalue weighted by molar-refractivity contribution is -0.156. The Morgan fingerprint density at radius 2 is 1.59 bits per heavy atom. The molecule has 32 heavy (non-hydrogen) atoms. The van der Waals surface area contributed by atoms with E-state index in [1.54, 1.807) is 0 Å². The van der Waals surface area contributed by atoms with Crippen molar-refractivity contribution in [3.63, 3.8) is 0 Å². The average Bonchev–Trinajstić information content (AvgIpc) is 2.80. The van der Waals surface area contributed by atoms with Crippen LogP contribution in [0.15, 0.2) is 48.5 Å². The summed E-state index contributed by atoms with van der Waals surface area (Å²) < 4.78 is 0. The van der Waals surface area contributed by atoms with Crippen LogP contribution in [0.1, 0.15) is 60.0 Å². The highest BCUT2D eigenvalue weighted by Crippen LogP contribution is 2.52. The van der Waals surface area contributed by atoms with Crippen molar-refractivity contribution in [3.8, 4) is 11.3 Å². The lowest BCUT2D eigenvalue weighted by atomic mass is 9.57. The maximum absolute atomic E-state index is 13.8. The highest BCUT2D eigenvalue weighted by Gasteiger charge is 2.53. The SMILES string of the molecule is Cc1ccc2nc(-c3ccccc3)c(C)c(C(=O)NC34CCC(C(=O)O)(CC3)CC4)c2c1. The number of benzene rings is 2. The molecule has 0 radical (unpaired) electrons. The molecule has 3 aliphatic rings. The lowest BCUT2D eigenvalue weighted by Crippen LogP contribution is -2.58. The molecule has 1 heterocycles. The summed E-state index contributed by atoms with van der Waals surface area (Å²) in [5, 5.41) is 13.9. The van der Waals surface area contributed by atoms with E-state index in [0.29, 0.717) is 24.8 Å². The van der Waals surface area contributed by atoms with E-state index in [4.69, 9.17) is 4.98 Å². The van der Waals surface area contributed by atoms with Gasteiger partial charge in [0, 0.05) is 16.5 Å². The van der Waals surface area contributed by atoms with Gasteiger partial charge in [-0.05, 0) is 70.1 Å². The first-order valence-corrected chi connectivity index (χ1v) is 11.3. The molecule has 3 aliphatic carbocycles. The Balaban J connectivity index is 1.56. The number of aromatic nitrogens is 1. The van der Waals surface area contributed by atoms with Gasteiger partial charge in [0.05, 0.1) is 22.2 Å². The number of carboxylic acid groups (broad SMARTS) is 1. The summed E-state index contributed by atoms with van der Waals surface area (Å²) in [5.41, 5.74) is 4.33. The fourth-order valence-electron chi connectivity index (χ4n) is 5.64. The van der Waals surface area contributed by atoms with Crippen molar-refractivity contribution in [2.45, 2.75) is 57.9 Å². The topological polar surface area (TPSA) is 79.3 Å². The van der Waals surface area contributed by atoms with E-state index in [1.165, 1.54) is 0 Å². The van der Waals surface area contributed by atoms with Crippen molar-refractivity contribution < 1.29 is 14.7 Å². The van der Waals surface area contributed by atoms with Crippen molar-refractivity contribution in [2.24, 2.45) is 5.41 Å². The smallest absolute Gasteiger partial charge is 0.309 e. The first-order valence-electron chi connectivity index (χ1n) is 11.3. The Morgan fingerprint density at radius 3 is 2.22 bits per heavy atom. The Bertz CT molecular complexity index is 1210. The van der Waals surface area contributed by atoms with E-state index in [9.17, 15) is 14.7 Å². The second-order valence-corrected chi connectivity index (χ2v) is 9.67. The molecule has 2 N–H and O–H groups in total. The van der Waals surface area contributed by atoms with E-state index in [0.717, 1.165) is 52.5 Å². The van der Waals surface area contributed by atoms with Gasteiger partial charge < -0.3 is 10.4 Å². The first kappa shape index (κ1) is 20.7. The average molecular weight is 429 g/mol. The number of aliphatic carboxylic acids is 1. The maximum Gasteiger partial charge on any atom is 0.309 e. The van der Waals surface area contributed by atoms with Crippen LogP contribution in [0.2, 0.25) is 0 Å². The number of nitrogens with one attached hydrogen (secondary N) is 1. The number of carbonyl (C=O) groups excluding carboxylic acids is 1. The fourth-order valence-corrected chi connectivity index (χ4v) is 5.64. The summed E-state index contributed by atoms with van der Waals surface area (Å²) in [6, 6.07) is 16.0. The third-order valence-corrected chi connectivity index (χ3v) is 7.74. The molecule has 3 fully saturated rings. The van der Waals surface area contributed by atoms with Gasteiger partial charge in [-0.3, -0.25) is 9.59 Å². The van der Waals surface area contributed by atoms with Crippen molar-refractivity contribution in [1.29, 1.82) is 0 Å². The standard InChI is InChI=1S/C27H28N2O3/c1-17-8-9-21-20(16-17)22(18(2)23(28-21)19-6-4-3-5-7-19)24(30)29-27-13-10-26(11-14-27,12-15-27)25(31)32/h3-9,16H,10-15H2,1-2H3,(H,29,30)(H,31,32). The number of fused-ring (bicyclic) bond motifs is 4. The molecule has 1 aromatic heterocycles. The third kappa shape index (κ3) is 3.27. The number of carbonyl (C=O) groups is 2. The normalized spacial score (nSPS) is 24.4. The molecule has 5 heteroatoms. The van der Waals surface area contributed by atoms with Crippen LogP contribution in [0, 0.1) is 19.3 Å². The van der Waals surface area contributed by atoms with Crippen LogP contribution < -0.4 is 5.32 Å². The number of hydrogen-bond donors (Lipinski definition) is 2. The minimum Gasteiger partial charge on any atom is -0.481 e. The molecule has 0 unspecified atom stereocenters. The summed E-state index contributed by atoms with van der Waals surface area (Å²) in [6.07, 6.45) is 4.06. The van der Waals surface area contributed by atoms with Crippen LogP contribution in [0.5, 0.6) is 0 Å². The molecule has 2 bridgehead atoms. The van der Waals surface area contributed by atoms with Gasteiger partial charge in [-0.25, -0.2) is 4.98 Å². The Morgan fingerprint density at radius 1 is 0.938 bits per heavy atom. The van der Waals surface area contributed by atoms with Crippen molar-refractivity contribution in [2.75, 3.05) is 0 Å². The van der Waals surface area contributed by atoms with Gasteiger partial charge in [0.15, 0.2) is 0 Å². The van der Waals surface area contributed by atoms with Crippen LogP contribution in [0.25, 0.3) is 22.2 Å². The molecule has 0 saturated heterocycles. The Kier molecular flexibility index (Phi) is 4.81. The van der Waals surface area contributed by atoms with Gasteiger partial charge in [-0.2, -0.15) is 0 Å². The molecule has 2 aromatic carbocycles.